The van der Waals surface area contributed by atoms with Gasteiger partial charge in [0.05, 0.1) is 24.2 Å². The molecule has 1 saturated heterocycles. The van der Waals surface area contributed by atoms with E-state index in [1.807, 2.05) is 0 Å². The number of hydrogen-bond acceptors (Lipinski definition) is 3. The van der Waals surface area contributed by atoms with E-state index >= 15 is 0 Å². The number of fused-ring (bicyclic) bond motifs is 1. The Kier molecular flexibility index (Phi) is 3.55. The molecule has 1 N–H and O–H groups in total. The maximum absolute atomic E-state index is 12.3. The van der Waals surface area contributed by atoms with Gasteiger partial charge in [-0.1, -0.05) is 17.7 Å². The van der Waals surface area contributed by atoms with Crippen LogP contribution >= 0.6 is 0 Å². The van der Waals surface area contributed by atoms with Crippen molar-refractivity contribution in [2.45, 2.75) is 12.8 Å². The summed E-state index contributed by atoms with van der Waals surface area (Å²) in [7, 11) is 0. The van der Waals surface area contributed by atoms with Gasteiger partial charge in [-0.2, -0.15) is 0 Å². The number of benzene rings is 1. The van der Waals surface area contributed by atoms with E-state index in [-0.39, 0.29) is 18.4 Å². The van der Waals surface area contributed by atoms with Crippen molar-refractivity contribution in [3.63, 3.8) is 0 Å². The molecule has 1 fully saturated rings. The van der Waals surface area contributed by atoms with Gasteiger partial charge in [0.1, 0.15) is 0 Å². The lowest BCUT2D eigenvalue weighted by Gasteiger charge is -2.20. The van der Waals surface area contributed by atoms with Crippen LogP contribution in [0.3, 0.4) is 0 Å². The third-order valence-corrected chi connectivity index (χ3v) is 3.90. The highest BCUT2D eigenvalue weighted by molar-refractivity contribution is 6.21. The van der Waals surface area contributed by atoms with Gasteiger partial charge in [-0.25, -0.2) is 4.85 Å². The Labute approximate surface area is 123 Å². The van der Waals surface area contributed by atoms with Crippen molar-refractivity contribution in [2.75, 3.05) is 19.6 Å². The number of hydrogen-bond donors (Lipinski definition) is 1. The molecule has 5 nitrogen and oxygen atoms in total. The Hall–Kier alpha value is -2.45. The third kappa shape index (κ3) is 2.34. The number of amides is 2. The van der Waals surface area contributed by atoms with Gasteiger partial charge in [-0.3, -0.25) is 14.5 Å². The number of carbonyl (C=O) groups is 2. The summed E-state index contributed by atoms with van der Waals surface area (Å²) in [6.45, 7) is 9.03. The normalized spacial score (nSPS) is 20.2. The van der Waals surface area contributed by atoms with Crippen molar-refractivity contribution in [3.05, 3.63) is 58.1 Å². The number of nitrogens with one attached hydrogen (secondary N) is 1. The lowest BCUT2D eigenvalue weighted by Crippen LogP contribution is -2.33. The van der Waals surface area contributed by atoms with Crippen molar-refractivity contribution >= 4 is 11.8 Å². The number of nitrogens with zero attached hydrogens (tertiary/aromatic N) is 2. The summed E-state index contributed by atoms with van der Waals surface area (Å²) >= 11 is 0. The predicted molar refractivity (Wildman–Crippen MR) is 77.5 cm³/mol. The molecule has 1 aromatic carbocycles. The summed E-state index contributed by atoms with van der Waals surface area (Å²) in [5.41, 5.74) is 2.38. The lowest BCUT2D eigenvalue weighted by molar-refractivity contribution is 0.0668. The molecule has 0 saturated carbocycles. The van der Waals surface area contributed by atoms with Gasteiger partial charge < -0.3 is 5.32 Å². The van der Waals surface area contributed by atoms with Crippen LogP contribution in [0.15, 0.2) is 35.5 Å². The number of piperidine rings is 1. The highest BCUT2D eigenvalue weighted by Crippen LogP contribution is 2.25. The van der Waals surface area contributed by atoms with Crippen molar-refractivity contribution in [3.8, 4) is 0 Å². The first kappa shape index (κ1) is 13.5. The van der Waals surface area contributed by atoms with Crippen LogP contribution in [0.5, 0.6) is 0 Å². The fourth-order valence-corrected chi connectivity index (χ4v) is 2.76. The molecule has 0 aromatic heterocycles. The molecule has 0 spiro atoms. The molecule has 0 atom stereocenters. The second kappa shape index (κ2) is 5.51. The zero-order chi connectivity index (χ0) is 14.8. The zero-order valence-electron chi connectivity index (χ0n) is 11.6. The molecule has 2 aliphatic heterocycles. The molecule has 0 bridgehead atoms. The Morgan fingerprint density at radius 2 is 1.90 bits per heavy atom. The largest absolute Gasteiger partial charge is 0.314 e. The van der Waals surface area contributed by atoms with Crippen LogP contribution in [0.4, 0.5) is 0 Å². The second-order valence-electron chi connectivity index (χ2n) is 5.18. The van der Waals surface area contributed by atoms with Crippen molar-refractivity contribution in [1.29, 1.82) is 0 Å². The maximum Gasteiger partial charge on any atom is 0.260 e. The molecule has 21 heavy (non-hydrogen) atoms. The Balaban J connectivity index is 1.88. The smallest absolute Gasteiger partial charge is 0.260 e. The number of imide groups is 1. The SMILES string of the molecule is [C-]#[N+]/C(CN1C(=O)c2ccccc2C1=O)=C1/CCCNC1. The molecular formula is C16H15N3O2. The first-order chi connectivity index (χ1) is 10.2. The molecule has 2 amide bonds. The van der Waals surface area contributed by atoms with E-state index < -0.39 is 0 Å². The molecular weight excluding hydrogens is 266 g/mol. The first-order valence-corrected chi connectivity index (χ1v) is 6.96. The second-order valence-corrected chi connectivity index (χ2v) is 5.18. The van der Waals surface area contributed by atoms with E-state index in [0.29, 0.717) is 23.4 Å². The van der Waals surface area contributed by atoms with E-state index in [0.717, 1.165) is 25.0 Å². The van der Waals surface area contributed by atoms with Gasteiger partial charge >= 0.3 is 0 Å². The molecule has 0 unspecified atom stereocenters. The fraction of sp³-hybridized carbons (Fsp3) is 0.312. The van der Waals surface area contributed by atoms with Crippen molar-refractivity contribution in [2.24, 2.45) is 0 Å². The molecule has 3 rings (SSSR count). The van der Waals surface area contributed by atoms with Crippen LogP contribution in [-0.4, -0.2) is 36.3 Å². The van der Waals surface area contributed by atoms with E-state index in [4.69, 9.17) is 6.57 Å². The fourth-order valence-electron chi connectivity index (χ4n) is 2.76. The standard InChI is InChI=1S/C16H15N3O2/c1-17-14(11-5-4-8-18-9-11)10-19-15(20)12-6-2-3-7-13(12)16(19)21/h2-3,6-7,18H,4-5,8-10H2/b14-11-. The van der Waals surface area contributed by atoms with Crippen LogP contribution in [0.1, 0.15) is 33.6 Å². The van der Waals surface area contributed by atoms with Crippen LogP contribution < -0.4 is 5.32 Å². The Bertz CT molecular complexity index is 642. The highest BCUT2D eigenvalue weighted by atomic mass is 16.2. The van der Waals surface area contributed by atoms with Gasteiger partial charge in [0.2, 0.25) is 0 Å². The van der Waals surface area contributed by atoms with Gasteiger partial charge in [-0.05, 0) is 31.5 Å². The molecule has 1 aromatic rings. The maximum atomic E-state index is 12.3. The quantitative estimate of drug-likeness (QED) is 0.665. The summed E-state index contributed by atoms with van der Waals surface area (Å²) in [5, 5.41) is 3.22. The highest BCUT2D eigenvalue weighted by Gasteiger charge is 2.35. The van der Waals surface area contributed by atoms with Gasteiger partial charge in [0.15, 0.2) is 5.70 Å². The molecule has 2 heterocycles. The number of rotatable bonds is 2. The minimum Gasteiger partial charge on any atom is -0.314 e. The van der Waals surface area contributed by atoms with Crippen LogP contribution in [0.25, 0.3) is 4.85 Å². The van der Waals surface area contributed by atoms with Gasteiger partial charge in [0, 0.05) is 6.54 Å². The number of carbonyl (C=O) groups excluding carboxylic acids is 2. The van der Waals surface area contributed by atoms with Gasteiger partial charge in [-0.15, -0.1) is 0 Å². The summed E-state index contributed by atoms with van der Waals surface area (Å²) in [5.74, 6) is -0.609. The van der Waals surface area contributed by atoms with E-state index in [1.165, 1.54) is 4.90 Å². The van der Waals surface area contributed by atoms with E-state index in [9.17, 15) is 9.59 Å². The Morgan fingerprint density at radius 1 is 1.24 bits per heavy atom. The average Bonchev–Trinajstić information content (AvgIpc) is 2.78. The predicted octanol–water partition coefficient (Wildman–Crippen LogP) is 1.84. The summed E-state index contributed by atoms with van der Waals surface area (Å²) in [6.07, 6.45) is 1.84. The van der Waals surface area contributed by atoms with E-state index in [2.05, 4.69) is 10.2 Å². The molecule has 0 radical (unpaired) electrons. The summed E-state index contributed by atoms with van der Waals surface area (Å²) < 4.78 is 0. The van der Waals surface area contributed by atoms with Crippen LogP contribution in [0, 0.1) is 6.57 Å². The van der Waals surface area contributed by atoms with Gasteiger partial charge in [0.25, 0.3) is 11.8 Å². The monoisotopic (exact) mass is 281 g/mol. The minimum absolute atomic E-state index is 0.0762. The Morgan fingerprint density at radius 3 is 2.43 bits per heavy atom. The molecule has 2 aliphatic rings. The molecule has 5 heteroatoms. The lowest BCUT2D eigenvalue weighted by atomic mass is 10.0. The minimum atomic E-state index is -0.305. The molecule has 0 aliphatic carbocycles. The van der Waals surface area contributed by atoms with Crippen molar-refractivity contribution in [1.82, 2.24) is 10.2 Å². The van der Waals surface area contributed by atoms with E-state index in [1.54, 1.807) is 24.3 Å². The van der Waals surface area contributed by atoms with Crippen LogP contribution in [0.2, 0.25) is 0 Å². The zero-order valence-corrected chi connectivity index (χ0v) is 11.6. The van der Waals surface area contributed by atoms with Crippen LogP contribution in [-0.2, 0) is 0 Å². The topological polar surface area (TPSA) is 53.8 Å². The molecule has 106 valence electrons. The first-order valence-electron chi connectivity index (χ1n) is 6.96. The summed E-state index contributed by atoms with van der Waals surface area (Å²) in [6, 6.07) is 6.80. The third-order valence-electron chi connectivity index (χ3n) is 3.90. The average molecular weight is 281 g/mol. The van der Waals surface area contributed by atoms with Crippen molar-refractivity contribution < 1.29 is 9.59 Å². The summed E-state index contributed by atoms with van der Waals surface area (Å²) in [4.78, 5) is 29.3.